The van der Waals surface area contributed by atoms with E-state index in [9.17, 15) is 5.11 Å². The second kappa shape index (κ2) is 5.96. The summed E-state index contributed by atoms with van der Waals surface area (Å²) < 4.78 is 10.2. The van der Waals surface area contributed by atoms with Crippen LogP contribution in [0.15, 0.2) is 42.5 Å². The number of hydrogen-bond acceptors (Lipinski definition) is 3. The maximum absolute atomic E-state index is 9.52. The Hall–Kier alpha value is -2.42. The molecule has 0 saturated carbocycles. The Balaban J connectivity index is 2.22. The molecule has 0 unspecified atom stereocenters. The van der Waals surface area contributed by atoms with E-state index in [2.05, 4.69) is 0 Å². The van der Waals surface area contributed by atoms with Gasteiger partial charge in [-0.05, 0) is 35.4 Å². The number of phenolic OH excluding ortho intramolecular Hbond substituents is 1. The number of ether oxygens (including phenoxy) is 2. The Labute approximate surface area is 112 Å². The largest absolute Gasteiger partial charge is 0.504 e. The summed E-state index contributed by atoms with van der Waals surface area (Å²) in [5.41, 5.74) is 2.00. The van der Waals surface area contributed by atoms with Gasteiger partial charge in [0.1, 0.15) is 5.75 Å². The molecule has 19 heavy (non-hydrogen) atoms. The van der Waals surface area contributed by atoms with Crippen LogP contribution >= 0.6 is 0 Å². The van der Waals surface area contributed by atoms with Crippen molar-refractivity contribution in [2.75, 3.05) is 14.2 Å². The van der Waals surface area contributed by atoms with Gasteiger partial charge < -0.3 is 14.6 Å². The number of rotatable bonds is 4. The molecular formula is C16H16O3. The Morgan fingerprint density at radius 1 is 0.895 bits per heavy atom. The van der Waals surface area contributed by atoms with Crippen molar-refractivity contribution in [3.63, 3.8) is 0 Å². The summed E-state index contributed by atoms with van der Waals surface area (Å²) in [4.78, 5) is 0. The summed E-state index contributed by atoms with van der Waals surface area (Å²) in [6.07, 6.45) is 3.94. The van der Waals surface area contributed by atoms with Crippen molar-refractivity contribution >= 4 is 12.2 Å². The van der Waals surface area contributed by atoms with Gasteiger partial charge in [-0.2, -0.15) is 0 Å². The highest BCUT2D eigenvalue weighted by Crippen LogP contribution is 2.27. The topological polar surface area (TPSA) is 38.7 Å². The molecule has 0 atom stereocenters. The standard InChI is InChI=1S/C16H16O3/c1-18-14-5-3-4-12(10-14)6-7-13-8-9-15(17)16(11-13)19-2/h3-11,17H,1-2H3/b7-6+. The van der Waals surface area contributed by atoms with Gasteiger partial charge in [-0.1, -0.05) is 30.4 Å². The average molecular weight is 256 g/mol. The molecule has 1 N–H and O–H groups in total. The first kappa shape index (κ1) is 13.0. The van der Waals surface area contributed by atoms with Crippen molar-refractivity contribution in [1.82, 2.24) is 0 Å². The highest BCUT2D eigenvalue weighted by atomic mass is 16.5. The van der Waals surface area contributed by atoms with Crippen molar-refractivity contribution < 1.29 is 14.6 Å². The molecule has 3 nitrogen and oxygen atoms in total. The maximum atomic E-state index is 9.52. The van der Waals surface area contributed by atoms with Crippen LogP contribution in [0.3, 0.4) is 0 Å². The van der Waals surface area contributed by atoms with Crippen molar-refractivity contribution in [2.24, 2.45) is 0 Å². The Kier molecular flexibility index (Phi) is 4.08. The molecule has 0 aliphatic rings. The molecule has 2 aromatic carbocycles. The zero-order valence-corrected chi connectivity index (χ0v) is 11.0. The van der Waals surface area contributed by atoms with Crippen molar-refractivity contribution in [1.29, 1.82) is 0 Å². The third-order valence-corrected chi connectivity index (χ3v) is 2.77. The molecule has 0 heterocycles. The minimum Gasteiger partial charge on any atom is -0.504 e. The van der Waals surface area contributed by atoms with E-state index in [0.29, 0.717) is 5.75 Å². The maximum Gasteiger partial charge on any atom is 0.161 e. The average Bonchev–Trinajstić information content (AvgIpc) is 2.46. The van der Waals surface area contributed by atoms with E-state index >= 15 is 0 Å². The van der Waals surface area contributed by atoms with Crippen LogP contribution in [-0.4, -0.2) is 19.3 Å². The predicted octanol–water partition coefficient (Wildman–Crippen LogP) is 3.58. The summed E-state index contributed by atoms with van der Waals surface area (Å²) in [6.45, 7) is 0. The molecule has 0 fully saturated rings. The summed E-state index contributed by atoms with van der Waals surface area (Å²) in [5, 5.41) is 9.52. The summed E-state index contributed by atoms with van der Waals surface area (Å²) in [6, 6.07) is 13.0. The van der Waals surface area contributed by atoms with Crippen LogP contribution in [0, 0.1) is 0 Å². The van der Waals surface area contributed by atoms with E-state index in [1.807, 2.05) is 42.5 Å². The minimum absolute atomic E-state index is 0.140. The first-order chi connectivity index (χ1) is 9.22. The molecule has 0 saturated heterocycles. The van der Waals surface area contributed by atoms with Gasteiger partial charge in [0, 0.05) is 0 Å². The molecule has 0 radical (unpaired) electrons. The van der Waals surface area contributed by atoms with E-state index in [0.717, 1.165) is 16.9 Å². The molecule has 0 aliphatic carbocycles. The second-order valence-corrected chi connectivity index (χ2v) is 4.04. The molecule has 0 bridgehead atoms. The van der Waals surface area contributed by atoms with Crippen molar-refractivity contribution in [3.8, 4) is 17.2 Å². The van der Waals surface area contributed by atoms with Crippen LogP contribution in [0.2, 0.25) is 0 Å². The van der Waals surface area contributed by atoms with E-state index in [-0.39, 0.29) is 5.75 Å². The monoisotopic (exact) mass is 256 g/mol. The van der Waals surface area contributed by atoms with Crippen LogP contribution < -0.4 is 9.47 Å². The van der Waals surface area contributed by atoms with Gasteiger partial charge in [0.05, 0.1) is 14.2 Å². The summed E-state index contributed by atoms with van der Waals surface area (Å²) in [5.74, 6) is 1.43. The first-order valence-electron chi connectivity index (χ1n) is 5.92. The smallest absolute Gasteiger partial charge is 0.161 e. The zero-order chi connectivity index (χ0) is 13.7. The van der Waals surface area contributed by atoms with Crippen LogP contribution in [0.5, 0.6) is 17.2 Å². The minimum atomic E-state index is 0.140. The quantitative estimate of drug-likeness (QED) is 0.850. The SMILES string of the molecule is COc1cccc(/C=C/c2ccc(O)c(OC)c2)c1. The third-order valence-electron chi connectivity index (χ3n) is 2.77. The zero-order valence-electron chi connectivity index (χ0n) is 11.0. The van der Waals surface area contributed by atoms with Crippen LogP contribution in [0.1, 0.15) is 11.1 Å². The fourth-order valence-corrected chi connectivity index (χ4v) is 1.74. The molecule has 2 aromatic rings. The normalized spacial score (nSPS) is 10.6. The van der Waals surface area contributed by atoms with Gasteiger partial charge in [-0.3, -0.25) is 0 Å². The Bertz CT molecular complexity index is 588. The number of hydrogen-bond donors (Lipinski definition) is 1. The van der Waals surface area contributed by atoms with Gasteiger partial charge >= 0.3 is 0 Å². The fourth-order valence-electron chi connectivity index (χ4n) is 1.74. The van der Waals surface area contributed by atoms with Gasteiger partial charge in [0.2, 0.25) is 0 Å². The predicted molar refractivity (Wildman–Crippen MR) is 76.6 cm³/mol. The number of phenols is 1. The van der Waals surface area contributed by atoms with Crippen LogP contribution in [0.4, 0.5) is 0 Å². The highest BCUT2D eigenvalue weighted by molar-refractivity contribution is 5.71. The second-order valence-electron chi connectivity index (χ2n) is 4.04. The number of methoxy groups -OCH3 is 2. The summed E-state index contributed by atoms with van der Waals surface area (Å²) in [7, 11) is 3.18. The van der Waals surface area contributed by atoms with Gasteiger partial charge in [0.15, 0.2) is 11.5 Å². The van der Waals surface area contributed by atoms with E-state index in [1.54, 1.807) is 19.2 Å². The molecular weight excluding hydrogens is 240 g/mol. The molecule has 2 rings (SSSR count). The highest BCUT2D eigenvalue weighted by Gasteiger charge is 2.00. The van der Waals surface area contributed by atoms with E-state index < -0.39 is 0 Å². The molecule has 0 aromatic heterocycles. The Morgan fingerprint density at radius 3 is 2.32 bits per heavy atom. The molecule has 3 heteroatoms. The molecule has 0 spiro atoms. The van der Waals surface area contributed by atoms with Crippen LogP contribution in [0.25, 0.3) is 12.2 Å². The number of benzene rings is 2. The number of aromatic hydroxyl groups is 1. The lowest BCUT2D eigenvalue weighted by molar-refractivity contribution is 0.373. The lowest BCUT2D eigenvalue weighted by Gasteiger charge is -2.04. The van der Waals surface area contributed by atoms with Crippen molar-refractivity contribution in [2.45, 2.75) is 0 Å². The van der Waals surface area contributed by atoms with Crippen LogP contribution in [-0.2, 0) is 0 Å². The van der Waals surface area contributed by atoms with Gasteiger partial charge in [-0.25, -0.2) is 0 Å². The van der Waals surface area contributed by atoms with Gasteiger partial charge in [0.25, 0.3) is 0 Å². The fraction of sp³-hybridized carbons (Fsp3) is 0.125. The van der Waals surface area contributed by atoms with Crippen molar-refractivity contribution in [3.05, 3.63) is 53.6 Å². The molecule has 98 valence electrons. The molecule has 0 aliphatic heterocycles. The van der Waals surface area contributed by atoms with E-state index in [4.69, 9.17) is 9.47 Å². The first-order valence-corrected chi connectivity index (χ1v) is 5.92. The Morgan fingerprint density at radius 2 is 1.63 bits per heavy atom. The third kappa shape index (κ3) is 3.28. The lowest BCUT2D eigenvalue weighted by Crippen LogP contribution is -1.84. The molecule has 0 amide bonds. The van der Waals surface area contributed by atoms with E-state index in [1.165, 1.54) is 7.11 Å². The lowest BCUT2D eigenvalue weighted by atomic mass is 10.1. The summed E-state index contributed by atoms with van der Waals surface area (Å²) >= 11 is 0. The van der Waals surface area contributed by atoms with Gasteiger partial charge in [-0.15, -0.1) is 0 Å².